The number of H-pyrrole nitrogens is 1. The molecule has 2 rings (SSSR count). The van der Waals surface area contributed by atoms with E-state index >= 15 is 0 Å². The van der Waals surface area contributed by atoms with Crippen LogP contribution >= 0.6 is 0 Å². The molecule has 1 amide bonds. The maximum absolute atomic E-state index is 12.4. The molecule has 22 heavy (non-hydrogen) atoms. The molecule has 1 saturated heterocycles. The van der Waals surface area contributed by atoms with Gasteiger partial charge in [0.05, 0.1) is 6.20 Å². The van der Waals surface area contributed by atoms with Crippen LogP contribution in [0.2, 0.25) is 0 Å². The largest absolute Gasteiger partial charge is 0.406 e. The minimum atomic E-state index is -4.35. The number of likely N-dealkylation sites (tertiary alicyclic amines) is 1. The Morgan fingerprint density at radius 1 is 1.41 bits per heavy atom. The van der Waals surface area contributed by atoms with Crippen molar-refractivity contribution in [2.75, 3.05) is 13.1 Å². The van der Waals surface area contributed by atoms with Crippen LogP contribution in [-0.4, -0.2) is 46.3 Å². The van der Waals surface area contributed by atoms with E-state index < -0.39 is 18.6 Å². The second-order valence-electron chi connectivity index (χ2n) is 6.69. The number of halogens is 3. The van der Waals surface area contributed by atoms with Gasteiger partial charge in [0.2, 0.25) is 5.91 Å². The van der Waals surface area contributed by atoms with Gasteiger partial charge in [0.15, 0.2) is 0 Å². The number of aromatic amines is 1. The summed E-state index contributed by atoms with van der Waals surface area (Å²) in [5, 5.41) is 10.1. The van der Waals surface area contributed by atoms with Crippen LogP contribution in [0.3, 0.4) is 0 Å². The minimum Gasteiger partial charge on any atom is -0.332 e. The first-order valence-corrected chi connectivity index (χ1v) is 7.17. The molecule has 124 valence electrons. The quantitative estimate of drug-likeness (QED) is 0.892. The van der Waals surface area contributed by atoms with Gasteiger partial charge in [-0.2, -0.15) is 18.3 Å². The fourth-order valence-electron chi connectivity index (χ4n) is 2.63. The summed E-state index contributed by atoms with van der Waals surface area (Å²) in [6, 6.07) is -0.266. The van der Waals surface area contributed by atoms with E-state index in [1.165, 1.54) is 0 Å². The van der Waals surface area contributed by atoms with Gasteiger partial charge in [-0.05, 0) is 0 Å². The summed E-state index contributed by atoms with van der Waals surface area (Å²) in [6.07, 6.45) is -2.55. The molecular formula is C14H21F3N4O. The van der Waals surface area contributed by atoms with Gasteiger partial charge in [0, 0.05) is 42.2 Å². The van der Waals surface area contributed by atoms with Gasteiger partial charge in [-0.25, -0.2) is 0 Å². The van der Waals surface area contributed by atoms with Crippen molar-refractivity contribution in [3.8, 4) is 0 Å². The maximum Gasteiger partial charge on any atom is 0.406 e. The molecule has 1 aromatic rings. The fourth-order valence-corrected chi connectivity index (χ4v) is 2.63. The van der Waals surface area contributed by atoms with Gasteiger partial charge in [-0.15, -0.1) is 0 Å². The topological polar surface area (TPSA) is 61.0 Å². The molecule has 5 nitrogen and oxygen atoms in total. The van der Waals surface area contributed by atoms with E-state index in [2.05, 4.69) is 15.5 Å². The fraction of sp³-hybridized carbons (Fsp3) is 0.714. The molecule has 1 fully saturated rings. The average molecular weight is 318 g/mol. The number of carbonyl (C=O) groups is 1. The van der Waals surface area contributed by atoms with Crippen LogP contribution in [0.1, 0.15) is 38.4 Å². The number of amides is 1. The zero-order chi connectivity index (χ0) is 16.5. The standard InChI is InChI=1S/C14H21F3N4O/c1-13(2,3)12-9(6-19-20-12)5-18-10-4-11(22)21(7-10)8-14(15,16)17/h6,10,18H,4-5,7-8H2,1-3H3,(H,19,20). The Bertz CT molecular complexity index is 533. The number of nitrogens with one attached hydrogen (secondary N) is 2. The number of hydrogen-bond donors (Lipinski definition) is 2. The molecule has 0 spiro atoms. The first-order chi connectivity index (χ1) is 10.1. The first-order valence-electron chi connectivity index (χ1n) is 7.17. The van der Waals surface area contributed by atoms with E-state index in [4.69, 9.17) is 0 Å². The Balaban J connectivity index is 1.91. The summed E-state index contributed by atoms with van der Waals surface area (Å²) in [6.45, 7) is 5.53. The van der Waals surface area contributed by atoms with Crippen LogP contribution in [0.25, 0.3) is 0 Å². The predicted molar refractivity (Wildman–Crippen MR) is 75.2 cm³/mol. The Hall–Kier alpha value is -1.57. The number of hydrogen-bond acceptors (Lipinski definition) is 3. The lowest BCUT2D eigenvalue weighted by Crippen LogP contribution is -2.37. The lowest BCUT2D eigenvalue weighted by molar-refractivity contribution is -0.157. The summed E-state index contributed by atoms with van der Waals surface area (Å²) in [7, 11) is 0. The molecule has 1 atom stereocenters. The summed E-state index contributed by atoms with van der Waals surface area (Å²) in [5.74, 6) is -0.460. The molecule has 8 heteroatoms. The van der Waals surface area contributed by atoms with Crippen molar-refractivity contribution < 1.29 is 18.0 Å². The van der Waals surface area contributed by atoms with E-state index in [1.807, 2.05) is 20.8 Å². The van der Waals surface area contributed by atoms with Crippen LogP contribution in [0.4, 0.5) is 13.2 Å². The van der Waals surface area contributed by atoms with Crippen molar-refractivity contribution in [3.63, 3.8) is 0 Å². The van der Waals surface area contributed by atoms with Crippen LogP contribution in [0.15, 0.2) is 6.20 Å². The molecule has 2 N–H and O–H groups in total. The third-order valence-electron chi connectivity index (χ3n) is 3.63. The molecule has 0 aliphatic carbocycles. The smallest absolute Gasteiger partial charge is 0.332 e. The highest BCUT2D eigenvalue weighted by molar-refractivity contribution is 5.79. The summed E-state index contributed by atoms with van der Waals surface area (Å²) < 4.78 is 37.1. The van der Waals surface area contributed by atoms with Crippen LogP contribution in [0.5, 0.6) is 0 Å². The molecule has 0 radical (unpaired) electrons. The number of carbonyl (C=O) groups excluding carboxylic acids is 1. The molecule has 2 heterocycles. The van der Waals surface area contributed by atoms with Gasteiger partial charge in [0.1, 0.15) is 6.54 Å². The molecule has 0 bridgehead atoms. The highest BCUT2D eigenvalue weighted by atomic mass is 19.4. The summed E-state index contributed by atoms with van der Waals surface area (Å²) in [5.41, 5.74) is 1.85. The second kappa shape index (κ2) is 5.91. The van der Waals surface area contributed by atoms with E-state index in [9.17, 15) is 18.0 Å². The van der Waals surface area contributed by atoms with Crippen LogP contribution < -0.4 is 5.32 Å². The number of rotatable bonds is 4. The van der Waals surface area contributed by atoms with Gasteiger partial charge < -0.3 is 10.2 Å². The van der Waals surface area contributed by atoms with Crippen molar-refractivity contribution >= 4 is 5.91 Å². The van der Waals surface area contributed by atoms with Gasteiger partial charge >= 0.3 is 6.18 Å². The van der Waals surface area contributed by atoms with Crippen molar-refractivity contribution in [3.05, 3.63) is 17.5 Å². The third-order valence-corrected chi connectivity index (χ3v) is 3.63. The minimum absolute atomic E-state index is 0.0844. The monoisotopic (exact) mass is 318 g/mol. The number of aromatic nitrogens is 2. The zero-order valence-electron chi connectivity index (χ0n) is 12.9. The molecule has 1 aliphatic rings. The molecule has 0 aromatic carbocycles. The Labute approximate surface area is 127 Å². The average Bonchev–Trinajstić information content (AvgIpc) is 2.92. The van der Waals surface area contributed by atoms with Crippen molar-refractivity contribution in [2.24, 2.45) is 0 Å². The normalized spacial score (nSPS) is 20.0. The lowest BCUT2D eigenvalue weighted by atomic mass is 9.89. The maximum atomic E-state index is 12.4. The number of alkyl halides is 3. The van der Waals surface area contributed by atoms with Gasteiger partial charge in [-0.1, -0.05) is 20.8 Å². The van der Waals surface area contributed by atoms with Gasteiger partial charge in [-0.3, -0.25) is 9.89 Å². The molecule has 0 saturated carbocycles. The molecular weight excluding hydrogens is 297 g/mol. The Morgan fingerprint density at radius 3 is 2.68 bits per heavy atom. The highest BCUT2D eigenvalue weighted by Crippen LogP contribution is 2.24. The van der Waals surface area contributed by atoms with E-state index in [-0.39, 0.29) is 24.4 Å². The van der Waals surface area contributed by atoms with Crippen molar-refractivity contribution in [1.29, 1.82) is 0 Å². The van der Waals surface area contributed by atoms with Crippen molar-refractivity contribution in [2.45, 2.75) is 51.4 Å². The Morgan fingerprint density at radius 2 is 2.09 bits per heavy atom. The van der Waals surface area contributed by atoms with E-state index in [0.717, 1.165) is 16.2 Å². The predicted octanol–water partition coefficient (Wildman–Crippen LogP) is 1.96. The SMILES string of the molecule is CC(C)(C)c1[nH]ncc1CNC1CC(=O)N(CC(F)(F)F)C1. The van der Waals surface area contributed by atoms with Crippen LogP contribution in [-0.2, 0) is 16.8 Å². The second-order valence-corrected chi connectivity index (χ2v) is 6.69. The van der Waals surface area contributed by atoms with Crippen molar-refractivity contribution in [1.82, 2.24) is 20.4 Å². The summed E-state index contributed by atoms with van der Waals surface area (Å²) in [4.78, 5) is 12.5. The Kier molecular flexibility index (Phi) is 4.51. The first kappa shape index (κ1) is 16.8. The number of nitrogens with zero attached hydrogens (tertiary/aromatic N) is 2. The summed E-state index contributed by atoms with van der Waals surface area (Å²) >= 11 is 0. The lowest BCUT2D eigenvalue weighted by Gasteiger charge is -2.20. The zero-order valence-corrected chi connectivity index (χ0v) is 12.9. The van der Waals surface area contributed by atoms with E-state index in [1.54, 1.807) is 6.20 Å². The third kappa shape index (κ3) is 4.22. The molecule has 1 unspecified atom stereocenters. The molecule has 1 aromatic heterocycles. The van der Waals surface area contributed by atoms with E-state index in [0.29, 0.717) is 6.54 Å². The highest BCUT2D eigenvalue weighted by Gasteiger charge is 2.38. The molecule has 1 aliphatic heterocycles. The van der Waals surface area contributed by atoms with Gasteiger partial charge in [0.25, 0.3) is 0 Å². The van der Waals surface area contributed by atoms with Crippen LogP contribution in [0, 0.1) is 0 Å².